The van der Waals surface area contributed by atoms with Crippen molar-refractivity contribution < 1.29 is 0 Å². The van der Waals surface area contributed by atoms with Crippen molar-refractivity contribution in [1.29, 1.82) is 0 Å². The maximum Gasteiger partial charge on any atom is 0.268 e. The summed E-state index contributed by atoms with van der Waals surface area (Å²) in [5.74, 6) is 1.19. The Labute approximate surface area is 171 Å². The smallest absolute Gasteiger partial charge is 0.268 e. The number of hydrazone groups is 1. The predicted octanol–water partition coefficient (Wildman–Crippen LogP) is 5.22. The van der Waals surface area contributed by atoms with E-state index in [-0.39, 0.29) is 5.95 Å². The molecular weight excluding hydrogens is 362 g/mol. The van der Waals surface area contributed by atoms with Crippen LogP contribution in [-0.4, -0.2) is 29.9 Å². The summed E-state index contributed by atoms with van der Waals surface area (Å²) in [5, 5.41) is 12.9. The molecule has 0 aliphatic rings. The first-order chi connectivity index (χ1) is 14.0. The van der Waals surface area contributed by atoms with Crippen LogP contribution in [0.2, 0.25) is 0 Å². The number of aromatic nitrogens is 2. The highest BCUT2D eigenvalue weighted by atomic mass is 15.3. The van der Waals surface area contributed by atoms with E-state index in [1.807, 2.05) is 55.4 Å². The van der Waals surface area contributed by atoms with Crippen molar-refractivity contribution >= 4 is 23.2 Å². The molecular formula is C22H25N7. The van der Waals surface area contributed by atoms with Crippen LogP contribution in [0, 0.1) is 0 Å². The van der Waals surface area contributed by atoms with E-state index < -0.39 is 0 Å². The van der Waals surface area contributed by atoms with Crippen molar-refractivity contribution in [3.8, 4) is 0 Å². The van der Waals surface area contributed by atoms with Crippen molar-refractivity contribution in [3.63, 3.8) is 0 Å². The van der Waals surface area contributed by atoms with Gasteiger partial charge in [0.05, 0.1) is 5.69 Å². The van der Waals surface area contributed by atoms with Gasteiger partial charge in [0.1, 0.15) is 0 Å². The number of hydrogen-bond acceptors (Lipinski definition) is 6. The van der Waals surface area contributed by atoms with Crippen LogP contribution in [-0.2, 0) is 0 Å². The van der Waals surface area contributed by atoms with Gasteiger partial charge in [-0.05, 0) is 41.8 Å². The molecule has 0 radical (unpaired) electrons. The van der Waals surface area contributed by atoms with E-state index >= 15 is 0 Å². The monoisotopic (exact) mass is 387 g/mol. The van der Waals surface area contributed by atoms with Crippen molar-refractivity contribution in [2.75, 3.05) is 24.4 Å². The first kappa shape index (κ1) is 20.1. The summed E-state index contributed by atoms with van der Waals surface area (Å²) in [7, 11) is 4.01. The quantitative estimate of drug-likeness (QED) is 0.272. The molecule has 1 aromatic heterocycles. The fourth-order valence-corrected chi connectivity index (χ4v) is 2.55. The number of hydrogen-bond donors (Lipinski definition) is 1. The molecule has 0 unspecified atom stereocenters. The Kier molecular flexibility index (Phi) is 6.63. The van der Waals surface area contributed by atoms with E-state index in [1.165, 1.54) is 5.56 Å². The van der Waals surface area contributed by atoms with Gasteiger partial charge in [0, 0.05) is 37.7 Å². The van der Waals surface area contributed by atoms with Gasteiger partial charge >= 0.3 is 0 Å². The van der Waals surface area contributed by atoms with E-state index in [0.717, 1.165) is 16.9 Å². The highest BCUT2D eigenvalue weighted by Gasteiger charge is 2.06. The highest BCUT2D eigenvalue weighted by molar-refractivity contribution is 5.99. The molecule has 0 fully saturated rings. The second kappa shape index (κ2) is 9.54. The Bertz CT molecular complexity index is 960. The molecule has 0 bridgehead atoms. The van der Waals surface area contributed by atoms with E-state index in [4.69, 9.17) is 0 Å². The topological polar surface area (TPSA) is 78.1 Å². The lowest BCUT2D eigenvalue weighted by Crippen LogP contribution is -2.08. The predicted molar refractivity (Wildman–Crippen MR) is 118 cm³/mol. The molecule has 1 N–H and O–H groups in total. The van der Waals surface area contributed by atoms with Crippen molar-refractivity contribution in [2.24, 2.45) is 15.3 Å². The molecule has 3 aromatic rings. The summed E-state index contributed by atoms with van der Waals surface area (Å²) in [4.78, 5) is 10.2. The molecule has 0 aliphatic heterocycles. The number of nitrogens with zero attached hydrogens (tertiary/aromatic N) is 6. The number of anilines is 2. The number of azo groups is 1. The molecule has 0 saturated carbocycles. The molecule has 3 rings (SSSR count). The lowest BCUT2D eigenvalue weighted by molar-refractivity contribution is 0.866. The van der Waals surface area contributed by atoms with Crippen LogP contribution in [0.1, 0.15) is 30.9 Å². The Morgan fingerprint density at radius 1 is 0.931 bits per heavy atom. The van der Waals surface area contributed by atoms with E-state index in [2.05, 4.69) is 56.7 Å². The number of benzene rings is 2. The van der Waals surface area contributed by atoms with Gasteiger partial charge in [-0.3, -0.25) is 5.43 Å². The lowest BCUT2D eigenvalue weighted by atomic mass is 10.0. The minimum absolute atomic E-state index is 0.286. The van der Waals surface area contributed by atoms with Crippen LogP contribution in [0.15, 0.2) is 82.3 Å². The molecule has 0 aliphatic carbocycles. The van der Waals surface area contributed by atoms with Gasteiger partial charge in [-0.15, -0.1) is 10.2 Å². The summed E-state index contributed by atoms with van der Waals surface area (Å²) in [6.07, 6.45) is 3.25. The standard InChI is InChI=1S/C22H25N7/c1-16(2)17-6-8-18(9-7-17)21(27-28-22-23-14-5-15-24-22)26-25-19-10-12-20(13-11-19)29(3)4/h5-16,25H,1-4H3/b26-21-,28-27?. The molecule has 7 nitrogen and oxygen atoms in total. The van der Waals surface area contributed by atoms with Gasteiger partial charge in [-0.2, -0.15) is 5.10 Å². The molecule has 29 heavy (non-hydrogen) atoms. The van der Waals surface area contributed by atoms with Gasteiger partial charge in [-0.25, -0.2) is 9.97 Å². The Balaban J connectivity index is 1.86. The van der Waals surface area contributed by atoms with Crippen LogP contribution in [0.4, 0.5) is 17.3 Å². The normalized spacial score (nSPS) is 11.8. The zero-order chi connectivity index (χ0) is 20.6. The van der Waals surface area contributed by atoms with Crippen LogP contribution in [0.3, 0.4) is 0 Å². The van der Waals surface area contributed by atoms with Crippen molar-refractivity contribution in [2.45, 2.75) is 19.8 Å². The third-order valence-electron chi connectivity index (χ3n) is 4.30. The second-order valence-corrected chi connectivity index (χ2v) is 7.01. The zero-order valence-electron chi connectivity index (χ0n) is 17.1. The van der Waals surface area contributed by atoms with Gasteiger partial charge in [0.15, 0.2) is 0 Å². The Morgan fingerprint density at radius 2 is 1.59 bits per heavy atom. The van der Waals surface area contributed by atoms with Crippen molar-refractivity contribution in [3.05, 3.63) is 78.1 Å². The first-order valence-electron chi connectivity index (χ1n) is 9.43. The average molecular weight is 387 g/mol. The fourth-order valence-electron chi connectivity index (χ4n) is 2.55. The minimum atomic E-state index is 0.286. The molecule has 1 heterocycles. The van der Waals surface area contributed by atoms with Gasteiger partial charge in [0.25, 0.3) is 5.95 Å². The molecule has 0 saturated heterocycles. The fraction of sp³-hybridized carbons (Fsp3) is 0.227. The van der Waals surface area contributed by atoms with Gasteiger partial charge < -0.3 is 4.90 Å². The second-order valence-electron chi connectivity index (χ2n) is 7.01. The molecule has 0 atom stereocenters. The maximum atomic E-state index is 4.47. The molecule has 7 heteroatoms. The maximum absolute atomic E-state index is 4.47. The lowest BCUT2D eigenvalue weighted by Gasteiger charge is -2.12. The zero-order valence-corrected chi connectivity index (χ0v) is 17.1. The third kappa shape index (κ3) is 5.68. The minimum Gasteiger partial charge on any atom is -0.378 e. The highest BCUT2D eigenvalue weighted by Crippen LogP contribution is 2.18. The van der Waals surface area contributed by atoms with Gasteiger partial charge in [0.2, 0.25) is 5.84 Å². The van der Waals surface area contributed by atoms with E-state index in [1.54, 1.807) is 18.5 Å². The largest absolute Gasteiger partial charge is 0.378 e. The molecule has 148 valence electrons. The average Bonchev–Trinajstić information content (AvgIpc) is 2.75. The number of nitrogens with one attached hydrogen (secondary N) is 1. The van der Waals surface area contributed by atoms with Crippen LogP contribution in [0.5, 0.6) is 0 Å². The molecule has 2 aromatic carbocycles. The molecule has 0 spiro atoms. The molecule has 0 amide bonds. The van der Waals surface area contributed by atoms with E-state index in [0.29, 0.717) is 11.8 Å². The third-order valence-corrected chi connectivity index (χ3v) is 4.30. The summed E-state index contributed by atoms with van der Waals surface area (Å²) >= 11 is 0. The summed E-state index contributed by atoms with van der Waals surface area (Å²) in [5.41, 5.74) is 7.14. The number of rotatable bonds is 6. The van der Waals surface area contributed by atoms with Crippen LogP contribution in [0.25, 0.3) is 0 Å². The first-order valence-corrected chi connectivity index (χ1v) is 9.43. The van der Waals surface area contributed by atoms with Gasteiger partial charge in [-0.1, -0.05) is 38.1 Å². The summed E-state index contributed by atoms with van der Waals surface area (Å²) in [6.45, 7) is 4.32. The Hall–Kier alpha value is -3.61. The van der Waals surface area contributed by atoms with Crippen LogP contribution >= 0.6 is 0 Å². The van der Waals surface area contributed by atoms with Crippen LogP contribution < -0.4 is 10.3 Å². The SMILES string of the molecule is CC(C)c1ccc(/C(N=Nc2ncccn2)=N/Nc2ccc(N(C)C)cc2)cc1. The Morgan fingerprint density at radius 3 is 2.17 bits per heavy atom. The number of amidine groups is 1. The summed E-state index contributed by atoms with van der Waals surface area (Å²) < 4.78 is 0. The van der Waals surface area contributed by atoms with E-state index in [9.17, 15) is 0 Å². The van der Waals surface area contributed by atoms with Crippen molar-refractivity contribution in [1.82, 2.24) is 9.97 Å². The summed E-state index contributed by atoms with van der Waals surface area (Å²) in [6, 6.07) is 17.9.